The first-order valence-corrected chi connectivity index (χ1v) is 12.4. The summed E-state index contributed by atoms with van der Waals surface area (Å²) in [5.41, 5.74) is 9.10. The Morgan fingerprint density at radius 3 is 2.51 bits per heavy atom. The van der Waals surface area contributed by atoms with Gasteiger partial charge in [0.2, 0.25) is 0 Å². The molecule has 2 N–H and O–H groups in total. The van der Waals surface area contributed by atoms with E-state index < -0.39 is 0 Å². The maximum absolute atomic E-state index is 6.28. The van der Waals surface area contributed by atoms with E-state index in [1.165, 1.54) is 0 Å². The second kappa shape index (κ2) is 12.0. The molecule has 4 aromatic rings. The molecule has 0 saturated heterocycles. The molecule has 5 nitrogen and oxygen atoms in total. The van der Waals surface area contributed by atoms with Crippen LogP contribution in [-0.4, -0.2) is 20.0 Å². The van der Waals surface area contributed by atoms with E-state index in [1.54, 1.807) is 7.11 Å². The topological polar surface area (TPSA) is 62.9 Å². The number of halogens is 1. The Hall–Kier alpha value is -3.22. The van der Waals surface area contributed by atoms with Crippen molar-refractivity contribution >= 4 is 32.4 Å². The van der Waals surface area contributed by atoms with Crippen molar-refractivity contribution in [3.8, 4) is 17.2 Å². The third-order valence-electron chi connectivity index (χ3n) is 5.79. The molecule has 0 aliphatic carbocycles. The van der Waals surface area contributed by atoms with Crippen molar-refractivity contribution in [2.45, 2.75) is 32.5 Å². The lowest BCUT2D eigenvalue weighted by atomic mass is 10.1. The molecule has 0 spiro atoms. The maximum Gasteiger partial charge on any atom is 0.189 e. The largest absolute Gasteiger partial charge is 0.493 e. The normalized spacial score (nSPS) is 11.9. The average molecular weight is 536 g/mol. The van der Waals surface area contributed by atoms with Crippen LogP contribution in [-0.2, 0) is 17.8 Å². The zero-order chi connectivity index (χ0) is 24.6. The lowest BCUT2D eigenvalue weighted by Crippen LogP contribution is -2.14. The van der Waals surface area contributed by atoms with E-state index in [-0.39, 0.29) is 12.9 Å². The molecule has 35 heavy (non-hydrogen) atoms. The van der Waals surface area contributed by atoms with Gasteiger partial charge in [0, 0.05) is 15.5 Å². The number of fused-ring (bicyclic) bond motifs is 1. The number of anilines is 1. The van der Waals surface area contributed by atoms with Gasteiger partial charge in [-0.15, -0.1) is 0 Å². The summed E-state index contributed by atoms with van der Waals surface area (Å²) in [7, 11) is 1.65. The van der Waals surface area contributed by atoms with E-state index in [1.807, 2.05) is 72.8 Å². The van der Waals surface area contributed by atoms with E-state index >= 15 is 0 Å². The van der Waals surface area contributed by atoms with Crippen LogP contribution < -0.4 is 19.9 Å². The van der Waals surface area contributed by atoms with Crippen molar-refractivity contribution in [3.63, 3.8) is 0 Å². The lowest BCUT2D eigenvalue weighted by molar-refractivity contribution is 0.00445. The summed E-state index contributed by atoms with van der Waals surface area (Å²) in [5.74, 6) is 2.18. The molecule has 0 aliphatic rings. The predicted molar refractivity (Wildman–Crippen MR) is 144 cm³/mol. The number of aryl methyl sites for hydroxylation is 1. The molecule has 1 atom stereocenters. The number of nitrogen functional groups attached to an aromatic ring is 1. The minimum Gasteiger partial charge on any atom is -0.493 e. The van der Waals surface area contributed by atoms with Crippen molar-refractivity contribution in [1.82, 2.24) is 0 Å². The number of rotatable bonds is 11. The highest BCUT2D eigenvalue weighted by Gasteiger charge is 2.14. The third-order valence-corrected chi connectivity index (χ3v) is 6.28. The van der Waals surface area contributed by atoms with E-state index in [4.69, 9.17) is 24.7 Å². The number of methoxy groups -OCH3 is 1. The number of hydrogen-bond acceptors (Lipinski definition) is 5. The van der Waals surface area contributed by atoms with Crippen LogP contribution in [0.2, 0.25) is 0 Å². The highest BCUT2D eigenvalue weighted by molar-refractivity contribution is 9.10. The molecule has 0 amide bonds. The van der Waals surface area contributed by atoms with Gasteiger partial charge in [-0.25, -0.2) is 0 Å². The third kappa shape index (κ3) is 6.68. The maximum atomic E-state index is 6.28. The smallest absolute Gasteiger partial charge is 0.189 e. The molecule has 4 rings (SSSR count). The molecule has 4 aromatic carbocycles. The Bertz CT molecular complexity index is 1260. The SMILES string of the molecule is COc1cc2cccc(N)c2cc1OC(C)CCc1ccc(Br)cc1OCOCc1ccccc1. The van der Waals surface area contributed by atoms with Crippen LogP contribution in [0.15, 0.2) is 83.3 Å². The quantitative estimate of drug-likeness (QED) is 0.125. The zero-order valence-electron chi connectivity index (χ0n) is 20.0. The predicted octanol–water partition coefficient (Wildman–Crippen LogP) is 7.15. The molecule has 182 valence electrons. The fourth-order valence-corrected chi connectivity index (χ4v) is 4.24. The summed E-state index contributed by atoms with van der Waals surface area (Å²) >= 11 is 3.54. The Kier molecular flexibility index (Phi) is 8.50. The average Bonchev–Trinajstić information content (AvgIpc) is 2.87. The minimum atomic E-state index is -0.0443. The first-order chi connectivity index (χ1) is 17.0. The number of hydrogen-bond donors (Lipinski definition) is 1. The van der Waals surface area contributed by atoms with Gasteiger partial charge >= 0.3 is 0 Å². The van der Waals surface area contributed by atoms with Gasteiger partial charge in [-0.1, -0.05) is 64.5 Å². The first kappa shape index (κ1) is 24.9. The molecular formula is C29H30BrNO4. The van der Waals surface area contributed by atoms with Gasteiger partial charge in [-0.3, -0.25) is 0 Å². The van der Waals surface area contributed by atoms with Crippen LogP contribution in [0.3, 0.4) is 0 Å². The van der Waals surface area contributed by atoms with Crippen molar-refractivity contribution in [1.29, 1.82) is 0 Å². The van der Waals surface area contributed by atoms with E-state index in [0.717, 1.165) is 45.0 Å². The highest BCUT2D eigenvalue weighted by Crippen LogP contribution is 2.36. The number of ether oxygens (including phenoxy) is 4. The van der Waals surface area contributed by atoms with Crippen LogP contribution in [0, 0.1) is 0 Å². The molecular weight excluding hydrogens is 506 g/mol. The van der Waals surface area contributed by atoms with Crippen molar-refractivity contribution in [2.75, 3.05) is 19.6 Å². The van der Waals surface area contributed by atoms with Crippen molar-refractivity contribution in [2.24, 2.45) is 0 Å². The summed E-state index contributed by atoms with van der Waals surface area (Å²) in [6, 6.07) is 25.9. The van der Waals surface area contributed by atoms with Gasteiger partial charge in [0.15, 0.2) is 18.3 Å². The van der Waals surface area contributed by atoms with Crippen LogP contribution in [0.25, 0.3) is 10.8 Å². The van der Waals surface area contributed by atoms with Gasteiger partial charge in [0.1, 0.15) is 5.75 Å². The van der Waals surface area contributed by atoms with Crippen LogP contribution in [0.1, 0.15) is 24.5 Å². The van der Waals surface area contributed by atoms with Gasteiger partial charge in [-0.2, -0.15) is 0 Å². The number of benzene rings is 4. The van der Waals surface area contributed by atoms with Crippen molar-refractivity contribution in [3.05, 3.63) is 94.5 Å². The summed E-state index contributed by atoms with van der Waals surface area (Å²) < 4.78 is 24.5. The van der Waals surface area contributed by atoms with Gasteiger partial charge < -0.3 is 24.7 Å². The summed E-state index contributed by atoms with van der Waals surface area (Å²) in [6.07, 6.45) is 1.55. The van der Waals surface area contributed by atoms with Gasteiger partial charge in [-0.05, 0) is 66.6 Å². The molecule has 0 fully saturated rings. The number of nitrogens with two attached hydrogens (primary N) is 1. The summed E-state index contributed by atoms with van der Waals surface area (Å²) in [6.45, 7) is 2.74. The minimum absolute atomic E-state index is 0.0443. The van der Waals surface area contributed by atoms with E-state index in [9.17, 15) is 0 Å². The Morgan fingerprint density at radius 2 is 1.71 bits per heavy atom. The van der Waals surface area contributed by atoms with E-state index in [0.29, 0.717) is 23.8 Å². The molecule has 0 aromatic heterocycles. The second-order valence-corrected chi connectivity index (χ2v) is 9.30. The monoisotopic (exact) mass is 535 g/mol. The Morgan fingerprint density at radius 1 is 0.886 bits per heavy atom. The molecule has 0 bridgehead atoms. The second-order valence-electron chi connectivity index (χ2n) is 8.39. The molecule has 6 heteroatoms. The summed E-state index contributed by atoms with van der Waals surface area (Å²) in [4.78, 5) is 0. The fourth-order valence-electron chi connectivity index (χ4n) is 3.90. The van der Waals surface area contributed by atoms with Crippen LogP contribution in [0.4, 0.5) is 5.69 Å². The lowest BCUT2D eigenvalue weighted by Gasteiger charge is -2.19. The molecule has 0 heterocycles. The molecule has 0 aliphatic heterocycles. The molecule has 0 saturated carbocycles. The standard InChI is InChI=1S/C29H30BrNO4/c1-20(35-29-17-25-23(15-28(29)32-2)9-6-10-26(25)31)11-12-22-13-14-24(30)16-27(22)34-19-33-18-21-7-4-3-5-8-21/h3-10,13-17,20H,11-12,18-19,31H2,1-2H3. The van der Waals surface area contributed by atoms with Crippen LogP contribution in [0.5, 0.6) is 17.2 Å². The fraction of sp³-hybridized carbons (Fsp3) is 0.241. The first-order valence-electron chi connectivity index (χ1n) is 11.6. The molecule has 1 unspecified atom stereocenters. The van der Waals surface area contributed by atoms with E-state index in [2.05, 4.69) is 28.9 Å². The van der Waals surface area contributed by atoms with Crippen LogP contribution >= 0.6 is 15.9 Å². The van der Waals surface area contributed by atoms with Crippen molar-refractivity contribution < 1.29 is 18.9 Å². The molecule has 0 radical (unpaired) electrons. The zero-order valence-corrected chi connectivity index (χ0v) is 21.6. The van der Waals surface area contributed by atoms with Gasteiger partial charge in [0.25, 0.3) is 0 Å². The Balaban J connectivity index is 1.37. The summed E-state index contributed by atoms with van der Waals surface area (Å²) in [5, 5.41) is 1.97. The Labute approximate surface area is 214 Å². The highest BCUT2D eigenvalue weighted by atomic mass is 79.9. The van der Waals surface area contributed by atoms with Gasteiger partial charge in [0.05, 0.1) is 19.8 Å².